The lowest BCUT2D eigenvalue weighted by molar-refractivity contribution is -0.0810. The van der Waals surface area contributed by atoms with Crippen molar-refractivity contribution in [3.63, 3.8) is 0 Å². The predicted octanol–water partition coefficient (Wildman–Crippen LogP) is 20.6. The largest absolute Gasteiger partial charge is 0.340 e. The van der Waals surface area contributed by atoms with E-state index in [4.69, 9.17) is 4.74 Å². The van der Waals surface area contributed by atoms with E-state index in [1.165, 1.54) is 11.1 Å². The van der Waals surface area contributed by atoms with Gasteiger partial charge in [0.25, 0.3) is 0 Å². The first kappa shape index (κ1) is 54.4. The van der Waals surface area contributed by atoms with Crippen LogP contribution in [0.25, 0.3) is 0 Å². The maximum Gasteiger partial charge on any atom is 0.159 e. The summed E-state index contributed by atoms with van der Waals surface area (Å²) in [5.41, 5.74) is 7.02. The Balaban J connectivity index is 1.36. The van der Waals surface area contributed by atoms with Crippen molar-refractivity contribution in [3.05, 3.63) is 214 Å². The van der Waals surface area contributed by atoms with Crippen LogP contribution in [-0.2, 0) is 28.8 Å². The zero-order valence-corrected chi connectivity index (χ0v) is 51.7. The average Bonchev–Trinajstić information content (AvgIpc) is 3.30. The van der Waals surface area contributed by atoms with Crippen LogP contribution < -0.4 is 0 Å². The lowest BCUT2D eigenvalue weighted by atomic mass is 9.75. The van der Waals surface area contributed by atoms with Crippen molar-refractivity contribution in [1.29, 1.82) is 0 Å². The topological polar surface area (TPSA) is 9.23 Å². The van der Waals surface area contributed by atoms with E-state index in [2.05, 4.69) is 329 Å². The highest BCUT2D eigenvalue weighted by atomic mass is 80.0. The molecule has 0 aliphatic rings. The summed E-state index contributed by atoms with van der Waals surface area (Å²) in [7, 11) is 0. The smallest absolute Gasteiger partial charge is 0.159 e. The molecule has 6 aromatic carbocycles. The fraction of sp³-hybridized carbons (Fsp3) is 0.333. The molecule has 11 heteroatoms. The summed E-state index contributed by atoms with van der Waals surface area (Å²) in [6, 6.07) is 61.6. The fourth-order valence-electron chi connectivity index (χ4n) is 8.43. The Morgan fingerprint density at radius 2 is 0.523 bits per heavy atom. The summed E-state index contributed by atoms with van der Waals surface area (Å²) in [4.78, 5) is 0. The third-order valence-electron chi connectivity index (χ3n) is 12.0. The number of hydrogen-bond donors (Lipinski definition) is 0. The summed E-state index contributed by atoms with van der Waals surface area (Å²) in [5, 5.41) is 0. The minimum Gasteiger partial charge on any atom is -0.340 e. The van der Waals surface area contributed by atoms with Gasteiger partial charge in [0.2, 0.25) is 0 Å². The third-order valence-corrected chi connectivity index (χ3v) is 26.4. The summed E-state index contributed by atoms with van der Waals surface area (Å²) in [5.74, 6) is 0. The molecule has 1 nitrogen and oxygen atoms in total. The van der Waals surface area contributed by atoms with Crippen molar-refractivity contribution in [1.82, 2.24) is 0 Å². The fourth-order valence-corrected chi connectivity index (χ4v) is 10.7. The zero-order chi connectivity index (χ0) is 46.6. The Kier molecular flexibility index (Phi) is 20.9. The molecule has 0 aliphatic carbocycles. The molecule has 0 radical (unpaired) electrons. The van der Waals surface area contributed by atoms with Crippen LogP contribution in [0.4, 0.5) is 0 Å². The Morgan fingerprint density at radius 3 is 0.785 bits per heavy atom. The molecule has 0 aromatic heterocycles. The van der Waals surface area contributed by atoms with Gasteiger partial charge in [-0.05, 0) is 83.0 Å². The Morgan fingerprint density at radius 1 is 0.277 bits per heavy atom. The van der Waals surface area contributed by atoms with Gasteiger partial charge in [-0.3, -0.25) is 0 Å². The molecule has 0 saturated heterocycles. The van der Waals surface area contributed by atoms with Crippen LogP contribution in [0.2, 0.25) is 0 Å². The van der Waals surface area contributed by atoms with Crippen molar-refractivity contribution in [2.24, 2.45) is 0 Å². The van der Waals surface area contributed by atoms with Gasteiger partial charge in [-0.1, -0.05) is 368 Å². The molecule has 344 valence electrons. The maximum atomic E-state index is 8.34. The molecule has 0 heterocycles. The summed E-state index contributed by atoms with van der Waals surface area (Å²) < 4.78 is 6.95. The molecule has 0 aliphatic heterocycles. The Hall–Kier alpha value is 0.0800. The van der Waals surface area contributed by atoms with Gasteiger partial charge in [-0.15, -0.1) is 0 Å². The van der Waals surface area contributed by atoms with Crippen LogP contribution in [0, 0.1) is 0 Å². The highest BCUT2D eigenvalue weighted by Gasteiger charge is 2.49. The molecular weight excluding hydrogens is 1460 g/mol. The molecule has 6 aromatic rings. The molecule has 0 atom stereocenters. The van der Waals surface area contributed by atoms with Gasteiger partial charge in [0.05, 0.1) is 0 Å². The number of benzene rings is 6. The number of alkyl halides is 10. The first-order valence-electron chi connectivity index (χ1n) is 22.0. The number of unbranched alkanes of at least 4 members (excludes halogenated alkanes) is 6. The minimum atomic E-state index is -1.02. The van der Waals surface area contributed by atoms with Crippen LogP contribution in [-0.4, -0.2) is 10.8 Å². The summed E-state index contributed by atoms with van der Waals surface area (Å²) >= 11 is 37.2. The second kappa shape index (κ2) is 25.0. The van der Waals surface area contributed by atoms with Crippen LogP contribution in [0.5, 0.6) is 0 Å². The average molecular weight is 1520 g/mol. The van der Waals surface area contributed by atoms with E-state index in [0.717, 1.165) is 110 Å². The van der Waals surface area contributed by atoms with Crippen molar-refractivity contribution in [3.8, 4) is 0 Å². The highest BCUT2D eigenvalue weighted by molar-refractivity contribution is 9.42. The maximum absolute atomic E-state index is 8.34. The van der Waals surface area contributed by atoms with Gasteiger partial charge >= 0.3 is 0 Å². The standard InChI is InChI=1S/C54H52Br10O/c55-49(56,53(59,60)61)39-19-3-1-9-21-41-31-35-47(36-32-41)51(43-23-11-5-12-24-43,44-25-13-6-14-26-44)65-52(45-27-15-7-16-28-45,46-29-17-8-18-30-46)48-37-33-42(34-38-48)22-10-2-4-20-40-50(57,58)54(62,63)64/h5-8,11-18,23-38H,1-4,9-10,19-22,39-40H2. The van der Waals surface area contributed by atoms with E-state index >= 15 is 0 Å². The first-order valence-corrected chi connectivity index (χ1v) is 29.9. The molecule has 6 rings (SSSR count). The Bertz CT molecular complexity index is 2060. The van der Waals surface area contributed by atoms with E-state index in [-0.39, 0.29) is 6.47 Å². The van der Waals surface area contributed by atoms with E-state index in [0.29, 0.717) is 0 Å². The summed E-state index contributed by atoms with van der Waals surface area (Å²) in [6.45, 7) is 0. The molecule has 0 saturated carbocycles. The van der Waals surface area contributed by atoms with Crippen LogP contribution in [0.15, 0.2) is 170 Å². The van der Waals surface area contributed by atoms with Gasteiger partial charge < -0.3 is 4.74 Å². The molecule has 65 heavy (non-hydrogen) atoms. The van der Waals surface area contributed by atoms with Crippen LogP contribution in [0.1, 0.15) is 109 Å². The monoisotopic (exact) mass is 1510 g/mol. The van der Waals surface area contributed by atoms with Crippen LogP contribution >= 0.6 is 159 Å². The first-order chi connectivity index (χ1) is 31.0. The zero-order valence-electron chi connectivity index (χ0n) is 35.8. The third kappa shape index (κ3) is 14.2. The minimum absolute atomic E-state index is 0.283. The van der Waals surface area contributed by atoms with E-state index in [1.54, 1.807) is 0 Å². The second-order valence-electron chi connectivity index (χ2n) is 16.6. The van der Waals surface area contributed by atoms with Gasteiger partial charge in [-0.2, -0.15) is 0 Å². The molecule has 0 bridgehead atoms. The van der Waals surface area contributed by atoms with Crippen molar-refractivity contribution >= 4 is 159 Å². The van der Waals surface area contributed by atoms with E-state index < -0.39 is 15.5 Å². The predicted molar refractivity (Wildman–Crippen MR) is 313 cm³/mol. The highest BCUT2D eigenvalue weighted by Crippen LogP contribution is 2.56. The van der Waals surface area contributed by atoms with Crippen LogP contribution in [0.3, 0.4) is 0 Å². The molecule has 0 N–H and O–H groups in total. The van der Waals surface area contributed by atoms with E-state index in [1.807, 2.05) is 0 Å². The molecule has 0 spiro atoms. The Labute approximate surface area is 471 Å². The molecular formula is C54H52Br10O. The second-order valence-corrected chi connectivity index (χ2v) is 37.6. The number of ether oxygens (including phenoxy) is 1. The van der Waals surface area contributed by atoms with Crippen molar-refractivity contribution < 1.29 is 4.74 Å². The van der Waals surface area contributed by atoms with Gasteiger partial charge in [0.1, 0.15) is 17.7 Å². The number of aryl methyl sites for hydroxylation is 2. The van der Waals surface area contributed by atoms with Gasteiger partial charge in [-0.25, -0.2) is 0 Å². The normalized spacial score (nSPS) is 13.0. The van der Waals surface area contributed by atoms with Gasteiger partial charge in [0.15, 0.2) is 4.29 Å². The van der Waals surface area contributed by atoms with Crippen molar-refractivity contribution in [2.75, 3.05) is 0 Å². The SMILES string of the molecule is BrC(Br)(Br)C(Br)(Br)CCCCCCc1ccc(C(OC(c2ccccc2)(c2ccccc2)c2ccc(CCCCCCC(Br)(Br)C(Br)(Br)Br)cc2)(c2ccccc2)c2ccccc2)cc1. The number of halogens is 10. The van der Waals surface area contributed by atoms with E-state index in [9.17, 15) is 0 Å². The molecule has 0 fully saturated rings. The number of hydrogen-bond acceptors (Lipinski definition) is 1. The van der Waals surface area contributed by atoms with Crippen molar-refractivity contribution in [2.45, 2.75) is 99.0 Å². The summed E-state index contributed by atoms with van der Waals surface area (Å²) in [6.07, 6.45) is 13.1. The molecule has 0 unspecified atom stereocenters. The lowest BCUT2D eigenvalue weighted by Crippen LogP contribution is -2.44. The number of rotatable bonds is 22. The quantitative estimate of drug-likeness (QED) is 0.0374. The lowest BCUT2D eigenvalue weighted by Gasteiger charge is -2.46. The van der Waals surface area contributed by atoms with Gasteiger partial charge in [0, 0.05) is 0 Å². The molecule has 0 amide bonds.